The third-order valence-electron chi connectivity index (χ3n) is 3.62. The molecule has 1 atom stereocenters. The molecule has 1 aliphatic heterocycles. The van der Waals surface area contributed by atoms with E-state index >= 15 is 0 Å². The minimum absolute atomic E-state index is 0.639. The van der Waals surface area contributed by atoms with E-state index in [1.54, 1.807) is 0 Å². The molecule has 3 rings (SSSR count). The fourth-order valence-electron chi connectivity index (χ4n) is 2.59. The van der Waals surface area contributed by atoms with Gasteiger partial charge in [0, 0.05) is 12.6 Å². The maximum Gasteiger partial charge on any atom is 0.144 e. The fourth-order valence-corrected chi connectivity index (χ4v) is 2.59. The minimum atomic E-state index is 0.639. The second kappa shape index (κ2) is 4.47. The first-order valence-corrected chi connectivity index (χ1v) is 6.64. The van der Waals surface area contributed by atoms with Gasteiger partial charge in [0.15, 0.2) is 0 Å². The van der Waals surface area contributed by atoms with Gasteiger partial charge in [0.2, 0.25) is 0 Å². The monoisotopic (exact) mass is 232 g/mol. The van der Waals surface area contributed by atoms with Crippen molar-refractivity contribution in [3.05, 3.63) is 18.2 Å². The Morgan fingerprint density at radius 3 is 2.94 bits per heavy atom. The second-order valence-corrected chi connectivity index (χ2v) is 4.92. The molecule has 1 fully saturated rings. The summed E-state index contributed by atoms with van der Waals surface area (Å²) in [7, 11) is 0. The van der Waals surface area contributed by atoms with Gasteiger partial charge in [-0.25, -0.2) is 0 Å². The first-order chi connectivity index (χ1) is 8.38. The number of fused-ring (bicyclic) bond motifs is 1. The maximum atomic E-state index is 5.67. The van der Waals surface area contributed by atoms with Gasteiger partial charge in [-0.05, 0) is 44.2 Å². The van der Waals surface area contributed by atoms with Crippen LogP contribution < -0.4 is 15.4 Å². The second-order valence-electron chi connectivity index (χ2n) is 4.92. The Kier molecular flexibility index (Phi) is 2.83. The molecule has 2 aliphatic rings. The number of nitrogens with one attached hydrogen (secondary N) is 2. The maximum absolute atomic E-state index is 5.67. The number of anilines is 2. The molecule has 1 heterocycles. The lowest BCUT2D eigenvalue weighted by atomic mass is 10.1. The summed E-state index contributed by atoms with van der Waals surface area (Å²) in [4.78, 5) is 0. The predicted octanol–water partition coefficient (Wildman–Crippen LogP) is 3.09. The molecule has 0 amide bonds. The molecule has 1 saturated carbocycles. The van der Waals surface area contributed by atoms with Crippen LogP contribution in [0.2, 0.25) is 0 Å². The van der Waals surface area contributed by atoms with E-state index in [0.29, 0.717) is 12.6 Å². The van der Waals surface area contributed by atoms with Crippen molar-refractivity contribution in [1.29, 1.82) is 0 Å². The number of hydrogen-bond acceptors (Lipinski definition) is 3. The van der Waals surface area contributed by atoms with E-state index < -0.39 is 0 Å². The van der Waals surface area contributed by atoms with Crippen LogP contribution >= 0.6 is 0 Å². The van der Waals surface area contributed by atoms with Gasteiger partial charge < -0.3 is 15.4 Å². The van der Waals surface area contributed by atoms with Gasteiger partial charge in [-0.2, -0.15) is 0 Å². The Labute approximate surface area is 103 Å². The molecule has 1 aliphatic carbocycles. The van der Waals surface area contributed by atoms with Crippen molar-refractivity contribution in [2.75, 3.05) is 23.8 Å². The Bertz CT molecular complexity index is 401. The van der Waals surface area contributed by atoms with Gasteiger partial charge in [-0.15, -0.1) is 0 Å². The fraction of sp³-hybridized carbons (Fsp3) is 0.571. The quantitative estimate of drug-likeness (QED) is 0.840. The normalized spacial score (nSPS) is 23.0. The standard InChI is InChI=1S/C14H20N2O/c1-2-17-13-5-3-4-12-14(13)15-9-8-11(16-12)10-6-7-10/h3-5,10-11,15-16H,2,6-9H2,1H3. The van der Waals surface area contributed by atoms with Crippen LogP contribution in [0.1, 0.15) is 26.2 Å². The lowest BCUT2D eigenvalue weighted by molar-refractivity contribution is 0.342. The number of benzene rings is 1. The van der Waals surface area contributed by atoms with Crippen molar-refractivity contribution in [2.45, 2.75) is 32.2 Å². The van der Waals surface area contributed by atoms with Gasteiger partial charge in [0.1, 0.15) is 11.4 Å². The average Bonchev–Trinajstić information content (AvgIpc) is 3.15. The van der Waals surface area contributed by atoms with Gasteiger partial charge in [0.05, 0.1) is 12.3 Å². The highest BCUT2D eigenvalue weighted by molar-refractivity contribution is 5.76. The van der Waals surface area contributed by atoms with Crippen LogP contribution in [-0.2, 0) is 0 Å². The van der Waals surface area contributed by atoms with Crippen molar-refractivity contribution in [3.8, 4) is 5.75 Å². The highest BCUT2D eigenvalue weighted by atomic mass is 16.5. The molecular weight excluding hydrogens is 212 g/mol. The van der Waals surface area contributed by atoms with E-state index in [4.69, 9.17) is 4.74 Å². The summed E-state index contributed by atoms with van der Waals surface area (Å²) in [6.07, 6.45) is 3.97. The summed E-state index contributed by atoms with van der Waals surface area (Å²) in [6, 6.07) is 6.88. The van der Waals surface area contributed by atoms with E-state index in [1.807, 2.05) is 13.0 Å². The van der Waals surface area contributed by atoms with E-state index in [9.17, 15) is 0 Å². The van der Waals surface area contributed by atoms with Crippen molar-refractivity contribution in [3.63, 3.8) is 0 Å². The molecule has 3 heteroatoms. The Morgan fingerprint density at radius 2 is 2.18 bits per heavy atom. The van der Waals surface area contributed by atoms with Crippen LogP contribution in [0, 0.1) is 5.92 Å². The highest BCUT2D eigenvalue weighted by Gasteiger charge is 2.32. The highest BCUT2D eigenvalue weighted by Crippen LogP contribution is 2.40. The van der Waals surface area contributed by atoms with Gasteiger partial charge >= 0.3 is 0 Å². The molecule has 0 radical (unpaired) electrons. The van der Waals surface area contributed by atoms with Crippen molar-refractivity contribution < 1.29 is 4.74 Å². The lowest BCUT2D eigenvalue weighted by Gasteiger charge is -2.17. The van der Waals surface area contributed by atoms with Crippen molar-refractivity contribution >= 4 is 11.4 Å². The third kappa shape index (κ3) is 2.19. The SMILES string of the molecule is CCOc1cccc2c1NCCC(C1CC1)N2. The summed E-state index contributed by atoms with van der Waals surface area (Å²) in [5, 5.41) is 7.18. The molecule has 1 aromatic carbocycles. The van der Waals surface area contributed by atoms with E-state index in [1.165, 1.54) is 24.9 Å². The topological polar surface area (TPSA) is 33.3 Å². The van der Waals surface area contributed by atoms with Gasteiger partial charge in [0.25, 0.3) is 0 Å². The molecule has 1 aromatic rings. The Balaban J connectivity index is 1.87. The van der Waals surface area contributed by atoms with Crippen LogP contribution in [-0.4, -0.2) is 19.2 Å². The lowest BCUT2D eigenvalue weighted by Crippen LogP contribution is -2.21. The molecule has 0 spiro atoms. The number of hydrogen-bond donors (Lipinski definition) is 2. The van der Waals surface area contributed by atoms with E-state index in [-0.39, 0.29) is 0 Å². The van der Waals surface area contributed by atoms with Gasteiger partial charge in [-0.3, -0.25) is 0 Å². The summed E-state index contributed by atoms with van der Waals surface area (Å²) >= 11 is 0. The molecule has 0 bridgehead atoms. The largest absolute Gasteiger partial charge is 0.492 e. The molecule has 3 nitrogen and oxygen atoms in total. The predicted molar refractivity (Wildman–Crippen MR) is 70.9 cm³/mol. The van der Waals surface area contributed by atoms with Crippen LogP contribution in [0.5, 0.6) is 5.75 Å². The van der Waals surface area contributed by atoms with Crippen LogP contribution in [0.15, 0.2) is 18.2 Å². The third-order valence-corrected chi connectivity index (χ3v) is 3.62. The summed E-state index contributed by atoms with van der Waals surface area (Å²) in [5.74, 6) is 1.85. The van der Waals surface area contributed by atoms with E-state index in [0.717, 1.165) is 23.9 Å². The zero-order valence-electron chi connectivity index (χ0n) is 10.3. The van der Waals surface area contributed by atoms with E-state index in [2.05, 4.69) is 22.8 Å². The van der Waals surface area contributed by atoms with Crippen molar-refractivity contribution in [2.24, 2.45) is 5.92 Å². The zero-order valence-corrected chi connectivity index (χ0v) is 10.3. The summed E-state index contributed by atoms with van der Waals surface area (Å²) in [6.45, 7) is 3.77. The van der Waals surface area contributed by atoms with Crippen LogP contribution in [0.3, 0.4) is 0 Å². The summed E-state index contributed by atoms with van der Waals surface area (Å²) in [5.41, 5.74) is 2.34. The first-order valence-electron chi connectivity index (χ1n) is 6.64. The van der Waals surface area contributed by atoms with Crippen molar-refractivity contribution in [1.82, 2.24) is 0 Å². The molecule has 0 aromatic heterocycles. The first kappa shape index (κ1) is 10.8. The van der Waals surface area contributed by atoms with Crippen LogP contribution in [0.4, 0.5) is 11.4 Å². The average molecular weight is 232 g/mol. The molecule has 2 N–H and O–H groups in total. The minimum Gasteiger partial charge on any atom is -0.492 e. The summed E-state index contributed by atoms with van der Waals surface area (Å²) < 4.78 is 5.67. The molecular formula is C14H20N2O. The zero-order chi connectivity index (χ0) is 11.7. The Hall–Kier alpha value is -1.38. The number of ether oxygens (including phenoxy) is 1. The van der Waals surface area contributed by atoms with Crippen LogP contribution in [0.25, 0.3) is 0 Å². The molecule has 0 saturated heterocycles. The van der Waals surface area contributed by atoms with Gasteiger partial charge in [-0.1, -0.05) is 6.07 Å². The molecule has 1 unspecified atom stereocenters. The smallest absolute Gasteiger partial charge is 0.144 e. The molecule has 17 heavy (non-hydrogen) atoms. The molecule has 92 valence electrons. The Morgan fingerprint density at radius 1 is 1.29 bits per heavy atom. The number of para-hydroxylation sites is 1. The number of rotatable bonds is 3.